The first-order valence-electron chi connectivity index (χ1n) is 3.87. The summed E-state index contributed by atoms with van der Waals surface area (Å²) in [6.07, 6.45) is -5.98. The molecule has 0 aromatic heterocycles. The quantitative estimate of drug-likeness (QED) is 0.703. The minimum atomic E-state index is -4.73. The molecule has 1 nitrogen and oxygen atoms in total. The van der Waals surface area contributed by atoms with Crippen molar-refractivity contribution < 1.29 is 22.7 Å². The van der Waals surface area contributed by atoms with E-state index in [0.29, 0.717) is 6.07 Å². The van der Waals surface area contributed by atoms with Crippen molar-refractivity contribution in [3.05, 3.63) is 35.1 Å². The van der Waals surface area contributed by atoms with Crippen molar-refractivity contribution in [1.29, 1.82) is 0 Å². The van der Waals surface area contributed by atoms with Crippen LogP contribution in [-0.2, 0) is 6.18 Å². The Bertz CT molecular complexity index is 330. The highest BCUT2D eigenvalue weighted by molar-refractivity contribution is 5.29. The number of hydrogen-bond acceptors (Lipinski definition) is 1. The van der Waals surface area contributed by atoms with Gasteiger partial charge in [0.25, 0.3) is 0 Å². The van der Waals surface area contributed by atoms with E-state index in [2.05, 4.69) is 0 Å². The highest BCUT2D eigenvalue weighted by atomic mass is 19.4. The Balaban J connectivity index is 3.28. The Morgan fingerprint density at radius 2 is 1.86 bits per heavy atom. The lowest BCUT2D eigenvalue weighted by molar-refractivity contribution is -0.140. The molecule has 0 spiro atoms. The molecule has 0 radical (unpaired) electrons. The largest absolute Gasteiger partial charge is 0.419 e. The van der Waals surface area contributed by atoms with Crippen molar-refractivity contribution in [2.75, 3.05) is 0 Å². The minimum absolute atomic E-state index is 0.347. The molecular formula is C9H8F4O. The highest BCUT2D eigenvalue weighted by Crippen LogP contribution is 2.33. The van der Waals surface area contributed by atoms with Gasteiger partial charge in [-0.1, -0.05) is 12.1 Å². The molecule has 0 unspecified atom stereocenters. The first kappa shape index (κ1) is 11.0. The van der Waals surface area contributed by atoms with Crippen LogP contribution in [0.25, 0.3) is 0 Å². The molecule has 0 aliphatic carbocycles. The lowest BCUT2D eigenvalue weighted by atomic mass is 10.1. The molecule has 0 amide bonds. The van der Waals surface area contributed by atoms with Crippen molar-refractivity contribution in [3.8, 4) is 0 Å². The van der Waals surface area contributed by atoms with Gasteiger partial charge in [-0.25, -0.2) is 4.39 Å². The molecule has 1 aromatic carbocycles. The highest BCUT2D eigenvalue weighted by Gasteiger charge is 2.35. The molecule has 0 fully saturated rings. The van der Waals surface area contributed by atoms with Crippen molar-refractivity contribution in [1.82, 2.24) is 0 Å². The second-order valence-corrected chi connectivity index (χ2v) is 2.88. The smallest absolute Gasteiger partial charge is 0.389 e. The SMILES string of the molecule is C[C@@H](O)c1cccc(C(F)(F)F)c1F. The molecule has 0 saturated carbocycles. The molecule has 0 heterocycles. The zero-order valence-electron chi connectivity index (χ0n) is 7.27. The summed E-state index contributed by atoms with van der Waals surface area (Å²) >= 11 is 0. The lowest BCUT2D eigenvalue weighted by Crippen LogP contribution is -2.10. The third-order valence-electron chi connectivity index (χ3n) is 1.78. The standard InChI is InChI=1S/C9H8F4O/c1-5(14)6-3-2-4-7(8(6)10)9(11,12)13/h2-5,14H,1H3/t5-/m1/s1. The van der Waals surface area contributed by atoms with Crippen LogP contribution in [0.4, 0.5) is 17.6 Å². The molecule has 1 N–H and O–H groups in total. The summed E-state index contributed by atoms with van der Waals surface area (Å²) in [6, 6.07) is 2.82. The van der Waals surface area contributed by atoms with E-state index in [1.165, 1.54) is 6.92 Å². The average Bonchev–Trinajstić information content (AvgIpc) is 2.01. The summed E-state index contributed by atoms with van der Waals surface area (Å²) in [4.78, 5) is 0. The number of aliphatic hydroxyl groups excluding tert-OH is 1. The Kier molecular flexibility index (Phi) is 2.80. The third-order valence-corrected chi connectivity index (χ3v) is 1.78. The van der Waals surface area contributed by atoms with Gasteiger partial charge in [0.1, 0.15) is 5.82 Å². The van der Waals surface area contributed by atoms with Gasteiger partial charge < -0.3 is 5.11 Å². The van der Waals surface area contributed by atoms with Crippen LogP contribution >= 0.6 is 0 Å². The van der Waals surface area contributed by atoms with E-state index in [4.69, 9.17) is 5.11 Å². The molecule has 78 valence electrons. The lowest BCUT2D eigenvalue weighted by Gasteiger charge is -2.12. The van der Waals surface area contributed by atoms with Crippen LogP contribution in [-0.4, -0.2) is 5.11 Å². The predicted octanol–water partition coefficient (Wildman–Crippen LogP) is 2.90. The Morgan fingerprint density at radius 1 is 1.29 bits per heavy atom. The fourth-order valence-electron chi connectivity index (χ4n) is 1.09. The van der Waals surface area contributed by atoms with Gasteiger partial charge in [-0.15, -0.1) is 0 Å². The zero-order chi connectivity index (χ0) is 10.9. The van der Waals surface area contributed by atoms with Gasteiger partial charge in [0.05, 0.1) is 11.7 Å². The van der Waals surface area contributed by atoms with E-state index in [0.717, 1.165) is 12.1 Å². The van der Waals surface area contributed by atoms with Gasteiger partial charge in [0.2, 0.25) is 0 Å². The number of rotatable bonds is 1. The Hall–Kier alpha value is -1.10. The van der Waals surface area contributed by atoms with Crippen LogP contribution in [0.15, 0.2) is 18.2 Å². The topological polar surface area (TPSA) is 20.2 Å². The predicted molar refractivity (Wildman–Crippen MR) is 42.0 cm³/mol. The number of alkyl halides is 3. The van der Waals surface area contributed by atoms with E-state index in [9.17, 15) is 17.6 Å². The van der Waals surface area contributed by atoms with Crippen LogP contribution in [0.3, 0.4) is 0 Å². The van der Waals surface area contributed by atoms with E-state index in [1.54, 1.807) is 0 Å². The molecule has 1 rings (SSSR count). The molecule has 1 aromatic rings. The van der Waals surface area contributed by atoms with Crippen LogP contribution < -0.4 is 0 Å². The second-order valence-electron chi connectivity index (χ2n) is 2.88. The molecule has 14 heavy (non-hydrogen) atoms. The number of aliphatic hydroxyl groups is 1. The molecule has 5 heteroatoms. The molecule has 0 saturated heterocycles. The fraction of sp³-hybridized carbons (Fsp3) is 0.333. The first-order chi connectivity index (χ1) is 6.34. The summed E-state index contributed by atoms with van der Waals surface area (Å²) in [5.74, 6) is -1.41. The maximum absolute atomic E-state index is 13.1. The van der Waals surface area contributed by atoms with Gasteiger partial charge in [-0.2, -0.15) is 13.2 Å². The van der Waals surface area contributed by atoms with Gasteiger partial charge in [-0.05, 0) is 13.0 Å². The second kappa shape index (κ2) is 3.57. The van der Waals surface area contributed by atoms with Crippen molar-refractivity contribution in [2.24, 2.45) is 0 Å². The van der Waals surface area contributed by atoms with Crippen LogP contribution in [0, 0.1) is 5.82 Å². The maximum atomic E-state index is 13.1. The minimum Gasteiger partial charge on any atom is -0.389 e. The molecule has 0 aliphatic rings. The molecule has 0 bridgehead atoms. The van der Waals surface area contributed by atoms with Gasteiger partial charge in [0.15, 0.2) is 0 Å². The van der Waals surface area contributed by atoms with Gasteiger partial charge in [0, 0.05) is 5.56 Å². The van der Waals surface area contributed by atoms with Gasteiger partial charge >= 0.3 is 6.18 Å². The molecule has 1 atom stereocenters. The van der Waals surface area contributed by atoms with Crippen molar-refractivity contribution >= 4 is 0 Å². The third kappa shape index (κ3) is 2.04. The van der Waals surface area contributed by atoms with E-state index >= 15 is 0 Å². The first-order valence-corrected chi connectivity index (χ1v) is 3.87. The summed E-state index contributed by atoms with van der Waals surface area (Å²) in [5, 5.41) is 8.99. The monoisotopic (exact) mass is 208 g/mol. The molecular weight excluding hydrogens is 200 g/mol. The van der Waals surface area contributed by atoms with Crippen LogP contribution in [0.5, 0.6) is 0 Å². The van der Waals surface area contributed by atoms with E-state index in [-0.39, 0.29) is 5.56 Å². The summed E-state index contributed by atoms with van der Waals surface area (Å²) in [5.41, 5.74) is -1.70. The van der Waals surface area contributed by atoms with Crippen LogP contribution in [0.2, 0.25) is 0 Å². The summed E-state index contributed by atoms with van der Waals surface area (Å²) < 4.78 is 49.7. The summed E-state index contributed by atoms with van der Waals surface area (Å²) in [7, 11) is 0. The Labute approximate surface area is 78.0 Å². The zero-order valence-corrected chi connectivity index (χ0v) is 7.27. The normalized spacial score (nSPS) is 14.1. The number of hydrogen-bond donors (Lipinski definition) is 1. The fourth-order valence-corrected chi connectivity index (χ4v) is 1.09. The molecule has 0 aliphatic heterocycles. The maximum Gasteiger partial charge on any atom is 0.419 e. The van der Waals surface area contributed by atoms with Crippen molar-refractivity contribution in [3.63, 3.8) is 0 Å². The number of benzene rings is 1. The van der Waals surface area contributed by atoms with E-state index < -0.39 is 23.7 Å². The van der Waals surface area contributed by atoms with Crippen LogP contribution in [0.1, 0.15) is 24.2 Å². The Morgan fingerprint density at radius 3 is 2.29 bits per heavy atom. The van der Waals surface area contributed by atoms with Crippen molar-refractivity contribution in [2.45, 2.75) is 19.2 Å². The average molecular weight is 208 g/mol. The summed E-state index contributed by atoms with van der Waals surface area (Å²) in [6.45, 7) is 1.21. The number of halogens is 4. The van der Waals surface area contributed by atoms with E-state index in [1.807, 2.05) is 0 Å². The van der Waals surface area contributed by atoms with Gasteiger partial charge in [-0.3, -0.25) is 0 Å².